The van der Waals surface area contributed by atoms with Gasteiger partial charge in [-0.25, -0.2) is 0 Å². The number of nitrogens with two attached hydrogens (primary N) is 2. The van der Waals surface area contributed by atoms with Gasteiger partial charge in [-0.1, -0.05) is 0 Å². The Balaban J connectivity index is 2.05. The number of halogens is 3. The summed E-state index contributed by atoms with van der Waals surface area (Å²) in [6, 6.07) is 4.52. The molecule has 0 aliphatic carbocycles. The van der Waals surface area contributed by atoms with Gasteiger partial charge in [0.25, 0.3) is 5.91 Å². The second kappa shape index (κ2) is 5.22. The van der Waals surface area contributed by atoms with Gasteiger partial charge in [0.15, 0.2) is 0 Å². The lowest BCUT2D eigenvalue weighted by atomic mass is 9.95. The Kier molecular flexibility index (Phi) is 3.78. The zero-order valence-corrected chi connectivity index (χ0v) is 10.8. The Bertz CT molecular complexity index is 508. The van der Waals surface area contributed by atoms with Crippen LogP contribution in [0.2, 0.25) is 0 Å². The van der Waals surface area contributed by atoms with Gasteiger partial charge in [0, 0.05) is 24.5 Å². The second-order valence-electron chi connectivity index (χ2n) is 4.95. The van der Waals surface area contributed by atoms with Gasteiger partial charge < -0.3 is 16.4 Å². The Morgan fingerprint density at radius 3 is 2.30 bits per heavy atom. The monoisotopic (exact) mass is 287 g/mol. The van der Waals surface area contributed by atoms with Crippen molar-refractivity contribution in [1.29, 1.82) is 0 Å². The fraction of sp³-hybridized carbons (Fsp3) is 0.462. The molecule has 1 aromatic rings. The van der Waals surface area contributed by atoms with E-state index >= 15 is 0 Å². The number of carbonyl (C=O) groups is 1. The molecule has 0 bridgehead atoms. The summed E-state index contributed by atoms with van der Waals surface area (Å²) in [5.41, 5.74) is 12.2. The minimum atomic E-state index is -4.19. The SMILES string of the molecule is Nc1ccc(C(=O)N2CCC(C(F)(F)F)CC2)c(N)c1. The molecule has 1 fully saturated rings. The van der Waals surface area contributed by atoms with Crippen molar-refractivity contribution < 1.29 is 18.0 Å². The van der Waals surface area contributed by atoms with E-state index in [1.54, 1.807) is 6.07 Å². The maximum Gasteiger partial charge on any atom is 0.391 e. The number of rotatable bonds is 1. The molecule has 1 aliphatic rings. The maximum atomic E-state index is 12.6. The number of amides is 1. The van der Waals surface area contributed by atoms with Crippen molar-refractivity contribution >= 4 is 17.3 Å². The average Bonchev–Trinajstić information content (AvgIpc) is 2.37. The van der Waals surface area contributed by atoms with Crippen molar-refractivity contribution in [2.24, 2.45) is 5.92 Å². The van der Waals surface area contributed by atoms with Crippen LogP contribution in [0.4, 0.5) is 24.5 Å². The van der Waals surface area contributed by atoms with Crippen LogP contribution in [0.3, 0.4) is 0 Å². The second-order valence-corrected chi connectivity index (χ2v) is 4.95. The highest BCUT2D eigenvalue weighted by Crippen LogP contribution is 2.34. The van der Waals surface area contributed by atoms with Crippen LogP contribution in [0, 0.1) is 5.92 Å². The highest BCUT2D eigenvalue weighted by Gasteiger charge is 2.41. The smallest absolute Gasteiger partial charge is 0.391 e. The van der Waals surface area contributed by atoms with Crippen LogP contribution < -0.4 is 11.5 Å². The van der Waals surface area contributed by atoms with Gasteiger partial charge in [0.05, 0.1) is 11.5 Å². The third-order valence-corrected chi connectivity index (χ3v) is 3.55. The first-order valence-electron chi connectivity index (χ1n) is 6.30. The zero-order chi connectivity index (χ0) is 14.9. The van der Waals surface area contributed by atoms with Crippen LogP contribution >= 0.6 is 0 Å². The third-order valence-electron chi connectivity index (χ3n) is 3.55. The number of carbonyl (C=O) groups excluding carboxylic acids is 1. The summed E-state index contributed by atoms with van der Waals surface area (Å²) < 4.78 is 37.7. The van der Waals surface area contributed by atoms with E-state index in [4.69, 9.17) is 11.5 Å². The zero-order valence-electron chi connectivity index (χ0n) is 10.8. The molecule has 0 aromatic heterocycles. The number of hydrogen-bond donors (Lipinski definition) is 2. The molecule has 110 valence electrons. The lowest BCUT2D eigenvalue weighted by Gasteiger charge is -2.33. The molecule has 1 aliphatic heterocycles. The van der Waals surface area contributed by atoms with Crippen molar-refractivity contribution in [3.05, 3.63) is 23.8 Å². The number of nitrogens with zero attached hydrogens (tertiary/aromatic N) is 1. The lowest BCUT2D eigenvalue weighted by molar-refractivity contribution is -0.183. The van der Waals surface area contributed by atoms with Gasteiger partial charge in [-0.2, -0.15) is 13.2 Å². The van der Waals surface area contributed by atoms with Crippen molar-refractivity contribution in [1.82, 2.24) is 4.90 Å². The maximum absolute atomic E-state index is 12.6. The molecule has 20 heavy (non-hydrogen) atoms. The molecule has 1 saturated heterocycles. The molecule has 1 aromatic carbocycles. The summed E-state index contributed by atoms with van der Waals surface area (Å²) in [4.78, 5) is 13.6. The number of nitrogen functional groups attached to an aromatic ring is 2. The number of anilines is 2. The summed E-state index contributed by atoms with van der Waals surface area (Å²) in [7, 11) is 0. The Hall–Kier alpha value is -1.92. The topological polar surface area (TPSA) is 72.4 Å². The third kappa shape index (κ3) is 2.97. The predicted molar refractivity (Wildman–Crippen MR) is 69.9 cm³/mol. The molecule has 0 unspecified atom stereocenters. The summed E-state index contributed by atoms with van der Waals surface area (Å²) >= 11 is 0. The molecule has 1 heterocycles. The molecule has 1 amide bonds. The van der Waals surface area contributed by atoms with Gasteiger partial charge in [-0.3, -0.25) is 4.79 Å². The van der Waals surface area contributed by atoms with Crippen molar-refractivity contribution in [2.45, 2.75) is 19.0 Å². The van der Waals surface area contributed by atoms with Crippen LogP contribution in [0.1, 0.15) is 23.2 Å². The van der Waals surface area contributed by atoms with E-state index in [0.717, 1.165) is 0 Å². The van der Waals surface area contributed by atoms with Gasteiger partial charge in [0.2, 0.25) is 0 Å². The van der Waals surface area contributed by atoms with Gasteiger partial charge in [0.1, 0.15) is 0 Å². The van der Waals surface area contributed by atoms with Crippen molar-refractivity contribution in [2.75, 3.05) is 24.6 Å². The van der Waals surface area contributed by atoms with E-state index in [2.05, 4.69) is 0 Å². The van der Waals surface area contributed by atoms with Crippen LogP contribution in [0.25, 0.3) is 0 Å². The van der Waals surface area contributed by atoms with E-state index < -0.39 is 12.1 Å². The quantitative estimate of drug-likeness (QED) is 0.778. The fourth-order valence-electron chi connectivity index (χ4n) is 2.36. The molecule has 0 radical (unpaired) electrons. The summed E-state index contributed by atoms with van der Waals surface area (Å²) in [6.07, 6.45) is -4.32. The summed E-state index contributed by atoms with van der Waals surface area (Å²) in [5, 5.41) is 0. The Morgan fingerprint density at radius 2 is 1.80 bits per heavy atom. The van der Waals surface area contributed by atoms with Gasteiger partial charge in [-0.15, -0.1) is 0 Å². The van der Waals surface area contributed by atoms with E-state index in [1.165, 1.54) is 17.0 Å². The Labute approximate surface area is 114 Å². The summed E-state index contributed by atoms with van der Waals surface area (Å²) in [5.74, 6) is -1.67. The van der Waals surface area contributed by atoms with Crippen LogP contribution in [0.5, 0.6) is 0 Å². The first-order chi connectivity index (χ1) is 9.29. The molecule has 0 saturated carbocycles. The molecule has 0 spiro atoms. The molecular weight excluding hydrogens is 271 g/mol. The van der Waals surface area contributed by atoms with Crippen molar-refractivity contribution in [3.8, 4) is 0 Å². The van der Waals surface area contributed by atoms with E-state index in [0.29, 0.717) is 5.69 Å². The first kappa shape index (κ1) is 14.5. The van der Waals surface area contributed by atoms with Crippen LogP contribution in [-0.2, 0) is 0 Å². The number of alkyl halides is 3. The van der Waals surface area contributed by atoms with Gasteiger partial charge in [-0.05, 0) is 31.0 Å². The highest BCUT2D eigenvalue weighted by atomic mass is 19.4. The van der Waals surface area contributed by atoms with E-state index in [9.17, 15) is 18.0 Å². The van der Waals surface area contributed by atoms with Crippen molar-refractivity contribution in [3.63, 3.8) is 0 Å². The average molecular weight is 287 g/mol. The highest BCUT2D eigenvalue weighted by molar-refractivity contribution is 5.99. The Morgan fingerprint density at radius 1 is 1.20 bits per heavy atom. The fourth-order valence-corrected chi connectivity index (χ4v) is 2.36. The number of likely N-dealkylation sites (tertiary alicyclic amines) is 1. The molecule has 4 nitrogen and oxygen atoms in total. The lowest BCUT2D eigenvalue weighted by Crippen LogP contribution is -2.42. The molecule has 2 rings (SSSR count). The number of hydrogen-bond acceptors (Lipinski definition) is 3. The summed E-state index contributed by atoms with van der Waals surface area (Å²) in [6.45, 7) is 0.180. The normalized spacial score (nSPS) is 17.2. The van der Waals surface area contributed by atoms with Crippen LogP contribution in [0.15, 0.2) is 18.2 Å². The molecular formula is C13H16F3N3O. The molecule has 0 atom stereocenters. The predicted octanol–water partition coefficient (Wildman–Crippen LogP) is 2.27. The van der Waals surface area contributed by atoms with E-state index in [1.807, 2.05) is 0 Å². The minimum Gasteiger partial charge on any atom is -0.399 e. The van der Waals surface area contributed by atoms with Gasteiger partial charge >= 0.3 is 6.18 Å². The van der Waals surface area contributed by atoms with Crippen LogP contribution in [-0.4, -0.2) is 30.1 Å². The van der Waals surface area contributed by atoms with E-state index in [-0.39, 0.29) is 43.1 Å². The largest absolute Gasteiger partial charge is 0.399 e. The minimum absolute atomic E-state index is 0.0654. The standard InChI is InChI=1S/C13H16F3N3O/c14-13(15,16)8-3-5-19(6-4-8)12(20)10-2-1-9(17)7-11(10)18/h1-2,7-8H,3-6,17-18H2. The number of benzene rings is 1. The first-order valence-corrected chi connectivity index (χ1v) is 6.30. The molecule has 7 heteroatoms. The number of piperidine rings is 1. The molecule has 4 N–H and O–H groups in total.